The van der Waals surface area contributed by atoms with Crippen molar-refractivity contribution in [2.24, 2.45) is 0 Å². The molecule has 4 aromatic heterocycles. The normalized spacial score (nSPS) is 17.5. The molecule has 16 nitrogen and oxygen atoms in total. The molecular formula is C44H60IN13O3S. The monoisotopic (exact) mass is 977 g/mol. The number of hydrogen-bond acceptors (Lipinski definition) is 13. The quantitative estimate of drug-likeness (QED) is 0.0680. The average Bonchev–Trinajstić information content (AvgIpc) is 3.89. The van der Waals surface area contributed by atoms with E-state index in [9.17, 15) is 4.21 Å². The van der Waals surface area contributed by atoms with E-state index in [1.807, 2.05) is 69.6 Å². The maximum absolute atomic E-state index is 12.7. The average molecular weight is 978 g/mol. The molecule has 62 heavy (non-hydrogen) atoms. The highest BCUT2D eigenvalue weighted by atomic mass is 127. The molecule has 3 unspecified atom stereocenters. The van der Waals surface area contributed by atoms with Crippen LogP contribution >= 0.6 is 22.6 Å². The number of nitrogens with one attached hydrogen (secondary N) is 5. The summed E-state index contributed by atoms with van der Waals surface area (Å²) in [6.45, 7) is 19.2. The first-order valence-corrected chi connectivity index (χ1v) is 23.8. The van der Waals surface area contributed by atoms with Crippen LogP contribution < -0.4 is 35.5 Å². The lowest BCUT2D eigenvalue weighted by Crippen LogP contribution is -2.37. The zero-order valence-corrected chi connectivity index (χ0v) is 39.7. The van der Waals surface area contributed by atoms with Gasteiger partial charge in [-0.15, -0.1) is 0 Å². The van der Waals surface area contributed by atoms with E-state index < -0.39 is 11.0 Å². The second kappa shape index (κ2) is 20.7. The van der Waals surface area contributed by atoms with Crippen LogP contribution in [-0.4, -0.2) is 86.5 Å². The number of halogens is 1. The van der Waals surface area contributed by atoms with Crippen LogP contribution in [0.2, 0.25) is 0 Å². The number of rotatable bonds is 14. The third-order valence-electron chi connectivity index (χ3n) is 10.6. The van der Waals surface area contributed by atoms with Gasteiger partial charge < -0.3 is 35.5 Å². The molecular weight excluding hydrogens is 918 g/mol. The molecule has 6 heterocycles. The number of para-hydroxylation sites is 1. The minimum atomic E-state index is -1.23. The van der Waals surface area contributed by atoms with E-state index in [0.717, 1.165) is 85.5 Å². The molecule has 0 aliphatic carbocycles. The maximum atomic E-state index is 12.7. The Balaban J connectivity index is 0.000000190. The first-order chi connectivity index (χ1) is 29.8. The third-order valence-corrected chi connectivity index (χ3v) is 13.2. The summed E-state index contributed by atoms with van der Waals surface area (Å²) in [7, 11) is -1.23. The molecule has 0 amide bonds. The summed E-state index contributed by atoms with van der Waals surface area (Å²) in [5.74, 6) is 1.79. The Labute approximate surface area is 380 Å². The number of anilines is 3. The predicted octanol–water partition coefficient (Wildman–Crippen LogP) is 7.46. The lowest BCUT2D eigenvalue weighted by molar-refractivity contribution is 0.153. The van der Waals surface area contributed by atoms with Gasteiger partial charge >= 0.3 is 12.0 Å². The van der Waals surface area contributed by atoms with Crippen molar-refractivity contribution >= 4 is 62.5 Å². The molecule has 0 saturated carbocycles. The Bertz CT molecular complexity index is 2440. The Hall–Kier alpha value is -4.66. The smallest absolute Gasteiger partial charge is 0.322 e. The van der Waals surface area contributed by atoms with Crippen molar-refractivity contribution in [1.29, 1.82) is 0 Å². The van der Waals surface area contributed by atoms with Gasteiger partial charge in [0.15, 0.2) is 11.3 Å². The number of ether oxygens (including phenoxy) is 2. The van der Waals surface area contributed by atoms with Gasteiger partial charge in [-0.05, 0) is 117 Å². The number of benzene rings is 2. The molecule has 5 N–H and O–H groups in total. The minimum absolute atomic E-state index is 0.0479. The molecule has 0 radical (unpaired) electrons. The van der Waals surface area contributed by atoms with Crippen LogP contribution in [0.25, 0.3) is 11.3 Å². The standard InChI is InChI=1S/C24H35N7O2S.C20H25IN6O/c1-16(2)19-15-27-31-21(19)28-23(33-18-10-8-12-25-14-18)29-22(31)26-13-17-9-6-7-11-20(17)30-34(32)24(3,4)5;1-13(2)16-12-24-27-18(16)25-20(28-15-7-5-9-22-11-15)26-19(27)23-10-14-6-3-4-8-17(14)21/h6-7,9,11,15-16,18,25,30H,8,10,12-14H2,1-5H3,(H,26,28,29);3-4,6,8,12-13,15,22H,5,7,9-11H2,1-2H3,(H,23,25,26). The summed E-state index contributed by atoms with van der Waals surface area (Å²) in [5, 5.41) is 22.6. The van der Waals surface area contributed by atoms with Crippen molar-refractivity contribution in [1.82, 2.24) is 49.8 Å². The number of aromatic nitrogens is 8. The van der Waals surface area contributed by atoms with E-state index in [2.05, 4.69) is 114 Å². The second-order valence-corrected chi connectivity index (χ2v) is 20.4. The minimum Gasteiger partial charge on any atom is -0.459 e. The maximum Gasteiger partial charge on any atom is 0.322 e. The molecule has 0 spiro atoms. The summed E-state index contributed by atoms with van der Waals surface area (Å²) in [6, 6.07) is 16.9. The van der Waals surface area contributed by atoms with Crippen LogP contribution in [0.1, 0.15) is 108 Å². The van der Waals surface area contributed by atoms with Crippen molar-refractivity contribution in [3.05, 3.63) is 86.7 Å². The predicted molar refractivity (Wildman–Crippen MR) is 255 cm³/mol. The summed E-state index contributed by atoms with van der Waals surface area (Å²) in [4.78, 5) is 18.7. The summed E-state index contributed by atoms with van der Waals surface area (Å²) in [5.41, 5.74) is 6.68. The molecule has 2 aromatic carbocycles. The Kier molecular flexibility index (Phi) is 15.1. The van der Waals surface area contributed by atoms with Gasteiger partial charge in [0.25, 0.3) is 0 Å². The Morgan fingerprint density at radius 2 is 1.23 bits per heavy atom. The molecule has 8 rings (SSSR count). The summed E-state index contributed by atoms with van der Waals surface area (Å²) in [6.07, 6.45) is 8.03. The molecule has 18 heteroatoms. The fourth-order valence-electron chi connectivity index (χ4n) is 7.06. The topological polar surface area (TPSA) is 182 Å². The van der Waals surface area contributed by atoms with E-state index in [4.69, 9.17) is 14.5 Å². The third kappa shape index (κ3) is 11.5. The molecule has 332 valence electrons. The van der Waals surface area contributed by atoms with Gasteiger partial charge in [-0.25, -0.2) is 4.21 Å². The molecule has 6 aromatic rings. The fraction of sp³-hybridized carbons (Fsp3) is 0.500. The van der Waals surface area contributed by atoms with Gasteiger partial charge in [0.1, 0.15) is 23.2 Å². The summed E-state index contributed by atoms with van der Waals surface area (Å²) >= 11 is 2.35. The lowest BCUT2D eigenvalue weighted by atomic mass is 10.1. The number of hydrogen-bond donors (Lipinski definition) is 5. The van der Waals surface area contributed by atoms with Gasteiger partial charge in [-0.1, -0.05) is 64.1 Å². The molecule has 2 saturated heterocycles. The molecule has 3 atom stereocenters. The fourth-order valence-corrected chi connectivity index (χ4v) is 8.34. The molecule has 0 bridgehead atoms. The van der Waals surface area contributed by atoms with Crippen molar-refractivity contribution in [3.8, 4) is 12.0 Å². The van der Waals surface area contributed by atoms with E-state index in [1.54, 1.807) is 9.03 Å². The van der Waals surface area contributed by atoms with Gasteiger partial charge in [0, 0.05) is 40.9 Å². The van der Waals surface area contributed by atoms with Crippen LogP contribution in [0.3, 0.4) is 0 Å². The van der Waals surface area contributed by atoms with Crippen LogP contribution in [-0.2, 0) is 24.1 Å². The summed E-state index contributed by atoms with van der Waals surface area (Å²) < 4.78 is 32.4. The molecule has 2 aliphatic heterocycles. The van der Waals surface area contributed by atoms with Crippen LogP contribution in [0, 0.1) is 3.57 Å². The highest BCUT2D eigenvalue weighted by molar-refractivity contribution is 14.1. The van der Waals surface area contributed by atoms with Crippen LogP contribution in [0.4, 0.5) is 17.6 Å². The molecule has 2 fully saturated rings. The van der Waals surface area contributed by atoms with E-state index in [0.29, 0.717) is 42.9 Å². The van der Waals surface area contributed by atoms with Gasteiger partial charge in [0.05, 0.1) is 22.8 Å². The zero-order valence-electron chi connectivity index (χ0n) is 36.7. The van der Waals surface area contributed by atoms with Crippen molar-refractivity contribution < 1.29 is 13.7 Å². The molecule has 2 aliphatic rings. The zero-order chi connectivity index (χ0) is 43.8. The number of piperidine rings is 2. The van der Waals surface area contributed by atoms with Crippen LogP contribution in [0.5, 0.6) is 12.0 Å². The lowest BCUT2D eigenvalue weighted by Gasteiger charge is -2.23. The first-order valence-electron chi connectivity index (χ1n) is 21.6. The number of fused-ring (bicyclic) bond motifs is 2. The number of nitrogens with zero attached hydrogens (tertiary/aromatic N) is 8. The SMILES string of the molecule is CC(C)c1cnn2c(NCc3ccccc3I)nc(OC3CCCNC3)nc12.CC(C)c1cnn2c(NCc3ccccc3NS(=O)C(C)(C)C)nc(OC3CCCNC3)nc12. The van der Waals surface area contributed by atoms with Crippen molar-refractivity contribution in [3.63, 3.8) is 0 Å². The van der Waals surface area contributed by atoms with E-state index in [1.165, 1.54) is 9.13 Å². The Morgan fingerprint density at radius 3 is 1.69 bits per heavy atom. The first kappa shape index (κ1) is 45.4. The van der Waals surface area contributed by atoms with Gasteiger partial charge in [-0.2, -0.15) is 39.2 Å². The largest absolute Gasteiger partial charge is 0.459 e. The van der Waals surface area contributed by atoms with Crippen LogP contribution in [0.15, 0.2) is 60.9 Å². The Morgan fingerprint density at radius 1 is 0.742 bits per heavy atom. The highest BCUT2D eigenvalue weighted by Crippen LogP contribution is 2.27. The van der Waals surface area contributed by atoms with E-state index in [-0.39, 0.29) is 22.9 Å². The van der Waals surface area contributed by atoms with Crippen molar-refractivity contribution in [2.45, 2.75) is 116 Å². The van der Waals surface area contributed by atoms with Gasteiger partial charge in [0.2, 0.25) is 11.9 Å². The van der Waals surface area contributed by atoms with Crippen molar-refractivity contribution in [2.75, 3.05) is 41.5 Å². The van der Waals surface area contributed by atoms with E-state index >= 15 is 0 Å². The second-order valence-electron chi connectivity index (χ2n) is 17.3. The van der Waals surface area contributed by atoms with Gasteiger partial charge in [-0.3, -0.25) is 0 Å². The highest BCUT2D eigenvalue weighted by Gasteiger charge is 2.23.